The second-order valence-corrected chi connectivity index (χ2v) is 10.4. The summed E-state index contributed by atoms with van der Waals surface area (Å²) in [5.41, 5.74) is -0.147. The van der Waals surface area contributed by atoms with Crippen molar-refractivity contribution in [2.75, 3.05) is 0 Å². The van der Waals surface area contributed by atoms with Crippen molar-refractivity contribution in [2.24, 2.45) is 35.5 Å². The van der Waals surface area contributed by atoms with Crippen LogP contribution in [0.15, 0.2) is 0 Å². The molecule has 0 aromatic carbocycles. The van der Waals surface area contributed by atoms with E-state index in [1.54, 1.807) is 0 Å². The van der Waals surface area contributed by atoms with E-state index in [0.717, 1.165) is 23.7 Å². The van der Waals surface area contributed by atoms with Gasteiger partial charge in [0, 0.05) is 0 Å². The molecule has 4 unspecified atom stereocenters. The highest BCUT2D eigenvalue weighted by Gasteiger charge is 2.39. The van der Waals surface area contributed by atoms with E-state index < -0.39 is 0 Å². The average molecular weight is 355 g/mol. The molecule has 0 saturated carbocycles. The molecule has 0 fully saturated rings. The third kappa shape index (κ3) is 8.02. The number of hydrogen-bond donors (Lipinski definition) is 0. The van der Waals surface area contributed by atoms with E-state index in [-0.39, 0.29) is 11.2 Å². The van der Waals surface area contributed by atoms with Crippen molar-refractivity contribution in [1.82, 2.24) is 0 Å². The van der Waals surface area contributed by atoms with Crippen LogP contribution in [0, 0.1) is 35.5 Å². The van der Waals surface area contributed by atoms with Gasteiger partial charge in [-0.3, -0.25) is 0 Å². The lowest BCUT2D eigenvalue weighted by Crippen LogP contribution is -2.47. The van der Waals surface area contributed by atoms with Crippen LogP contribution in [0.1, 0.15) is 109 Å². The highest BCUT2D eigenvalue weighted by atomic mass is 16.5. The van der Waals surface area contributed by atoms with Crippen molar-refractivity contribution in [2.45, 2.75) is 120 Å². The first kappa shape index (κ1) is 25.0. The number of ether oxygens (including phenoxy) is 1. The van der Waals surface area contributed by atoms with Gasteiger partial charge < -0.3 is 4.74 Å². The van der Waals surface area contributed by atoms with E-state index in [2.05, 4.69) is 83.1 Å². The van der Waals surface area contributed by atoms with Gasteiger partial charge in [0.2, 0.25) is 0 Å². The molecule has 0 rings (SSSR count). The first-order valence-corrected chi connectivity index (χ1v) is 11.0. The molecule has 0 aromatic heterocycles. The molecule has 0 amide bonds. The minimum atomic E-state index is -0.0735. The van der Waals surface area contributed by atoms with Gasteiger partial charge in [-0.2, -0.15) is 0 Å². The molecule has 1 nitrogen and oxygen atoms in total. The molecule has 0 aromatic rings. The van der Waals surface area contributed by atoms with Gasteiger partial charge in [0.05, 0.1) is 11.2 Å². The third-order valence-electron chi connectivity index (χ3n) is 7.07. The van der Waals surface area contributed by atoms with Crippen LogP contribution in [0.4, 0.5) is 0 Å². The summed E-state index contributed by atoms with van der Waals surface area (Å²) in [6.07, 6.45) is 4.91. The van der Waals surface area contributed by atoms with E-state index in [0.29, 0.717) is 11.8 Å². The van der Waals surface area contributed by atoms with Gasteiger partial charge >= 0.3 is 0 Å². The van der Waals surface area contributed by atoms with Crippen molar-refractivity contribution in [3.05, 3.63) is 0 Å². The highest BCUT2D eigenvalue weighted by Crippen LogP contribution is 2.40. The molecular formula is C24H50O. The lowest BCUT2D eigenvalue weighted by atomic mass is 9.76. The average Bonchev–Trinajstić information content (AvgIpc) is 2.47. The first-order valence-electron chi connectivity index (χ1n) is 11.0. The summed E-state index contributed by atoms with van der Waals surface area (Å²) in [6, 6.07) is 0. The Morgan fingerprint density at radius 2 is 0.880 bits per heavy atom. The molecule has 0 aliphatic carbocycles. The molecule has 0 spiro atoms. The second kappa shape index (κ2) is 10.3. The number of hydrogen-bond acceptors (Lipinski definition) is 1. The van der Waals surface area contributed by atoms with Crippen LogP contribution >= 0.6 is 0 Å². The summed E-state index contributed by atoms with van der Waals surface area (Å²) in [4.78, 5) is 0. The number of rotatable bonds is 12. The molecule has 4 atom stereocenters. The standard InChI is InChI=1S/C24H50O/c1-13-21(15-19(7)17(3)4)23(9,10)25-24(11,12)22(14-2)16-20(8)18(5)6/h17-22H,13-16H2,1-12H3. The van der Waals surface area contributed by atoms with Crippen LogP contribution in [-0.2, 0) is 4.74 Å². The molecule has 0 bridgehead atoms. The Kier molecular flexibility index (Phi) is 10.3. The Balaban J connectivity index is 5.17. The Morgan fingerprint density at radius 3 is 1.08 bits per heavy atom. The predicted octanol–water partition coefficient (Wildman–Crippen LogP) is 7.98. The molecule has 1 heteroatoms. The van der Waals surface area contributed by atoms with E-state index in [9.17, 15) is 0 Å². The maximum atomic E-state index is 6.89. The largest absolute Gasteiger partial charge is 0.369 e. The van der Waals surface area contributed by atoms with Gasteiger partial charge in [0.1, 0.15) is 0 Å². The van der Waals surface area contributed by atoms with Crippen molar-refractivity contribution in [3.63, 3.8) is 0 Å². The van der Waals surface area contributed by atoms with Gasteiger partial charge in [0.25, 0.3) is 0 Å². The summed E-state index contributed by atoms with van der Waals surface area (Å²) in [7, 11) is 0. The zero-order chi connectivity index (χ0) is 20.0. The van der Waals surface area contributed by atoms with Crippen molar-refractivity contribution in [3.8, 4) is 0 Å². The van der Waals surface area contributed by atoms with Crippen LogP contribution in [-0.4, -0.2) is 11.2 Å². The molecule has 0 heterocycles. The maximum Gasteiger partial charge on any atom is 0.0661 e. The topological polar surface area (TPSA) is 9.23 Å². The molecule has 0 aliphatic heterocycles. The van der Waals surface area contributed by atoms with E-state index in [1.807, 2.05) is 0 Å². The Hall–Kier alpha value is -0.0400. The van der Waals surface area contributed by atoms with Gasteiger partial charge in [-0.15, -0.1) is 0 Å². The predicted molar refractivity (Wildman–Crippen MR) is 114 cm³/mol. The molecule has 152 valence electrons. The highest BCUT2D eigenvalue weighted by molar-refractivity contribution is 4.88. The fraction of sp³-hybridized carbons (Fsp3) is 1.00. The fourth-order valence-electron chi connectivity index (χ4n) is 4.17. The van der Waals surface area contributed by atoms with Crippen LogP contribution in [0.5, 0.6) is 0 Å². The molecule has 0 N–H and O–H groups in total. The van der Waals surface area contributed by atoms with Gasteiger partial charge in [-0.1, -0.05) is 68.2 Å². The summed E-state index contributed by atoms with van der Waals surface area (Å²) in [5, 5.41) is 0. The minimum absolute atomic E-state index is 0.0735. The Labute approximate surface area is 160 Å². The lowest BCUT2D eigenvalue weighted by molar-refractivity contribution is -0.179. The zero-order valence-corrected chi connectivity index (χ0v) is 19.7. The maximum absolute atomic E-state index is 6.89. The Morgan fingerprint density at radius 1 is 0.600 bits per heavy atom. The van der Waals surface area contributed by atoms with Gasteiger partial charge in [-0.05, 0) is 76.0 Å². The van der Waals surface area contributed by atoms with Crippen molar-refractivity contribution in [1.29, 1.82) is 0 Å². The van der Waals surface area contributed by atoms with Crippen LogP contribution in [0.2, 0.25) is 0 Å². The molecule has 0 radical (unpaired) electrons. The second-order valence-electron chi connectivity index (χ2n) is 10.4. The monoisotopic (exact) mass is 354 g/mol. The van der Waals surface area contributed by atoms with E-state index >= 15 is 0 Å². The lowest BCUT2D eigenvalue weighted by Gasteiger charge is -2.46. The summed E-state index contributed by atoms with van der Waals surface area (Å²) in [5.74, 6) is 4.22. The van der Waals surface area contributed by atoms with E-state index in [1.165, 1.54) is 25.7 Å². The zero-order valence-electron chi connectivity index (χ0n) is 19.7. The summed E-state index contributed by atoms with van der Waals surface area (Å²) < 4.78 is 6.89. The van der Waals surface area contributed by atoms with Crippen molar-refractivity contribution >= 4 is 0 Å². The smallest absolute Gasteiger partial charge is 0.0661 e. The normalized spacial score (nSPS) is 18.5. The summed E-state index contributed by atoms with van der Waals surface area (Å²) in [6.45, 7) is 28.1. The van der Waals surface area contributed by atoms with Crippen LogP contribution in [0.25, 0.3) is 0 Å². The van der Waals surface area contributed by atoms with Gasteiger partial charge in [-0.25, -0.2) is 0 Å². The fourth-order valence-corrected chi connectivity index (χ4v) is 4.17. The third-order valence-corrected chi connectivity index (χ3v) is 7.07. The van der Waals surface area contributed by atoms with Crippen LogP contribution < -0.4 is 0 Å². The minimum Gasteiger partial charge on any atom is -0.369 e. The molecule has 25 heavy (non-hydrogen) atoms. The van der Waals surface area contributed by atoms with Crippen LogP contribution in [0.3, 0.4) is 0 Å². The summed E-state index contributed by atoms with van der Waals surface area (Å²) >= 11 is 0. The quantitative estimate of drug-likeness (QED) is 0.345. The molecular weight excluding hydrogens is 304 g/mol. The first-order chi connectivity index (χ1) is 11.3. The van der Waals surface area contributed by atoms with Crippen molar-refractivity contribution < 1.29 is 4.74 Å². The van der Waals surface area contributed by atoms with Gasteiger partial charge in [0.15, 0.2) is 0 Å². The van der Waals surface area contributed by atoms with E-state index in [4.69, 9.17) is 4.74 Å². The molecule has 0 aliphatic rings. The Bertz CT molecular complexity index is 319. The molecule has 0 saturated heterocycles. The SMILES string of the molecule is CCC(CC(C)C(C)C)C(C)(C)OC(C)(C)C(CC)CC(C)C(C)C.